The molecule has 1 saturated heterocycles. The highest BCUT2D eigenvalue weighted by atomic mass is 32.2. The Hall–Kier alpha value is -1.51. The van der Waals surface area contributed by atoms with E-state index in [0.717, 1.165) is 0 Å². The lowest BCUT2D eigenvalue weighted by molar-refractivity contribution is -0.132. The predicted octanol–water partition coefficient (Wildman–Crippen LogP) is 0.527. The van der Waals surface area contributed by atoms with Crippen LogP contribution in [-0.2, 0) is 25.3 Å². The monoisotopic (exact) mass is 330 g/mol. The fourth-order valence-electron chi connectivity index (χ4n) is 2.37. The molecular formula is C14H19FN2O4S. The van der Waals surface area contributed by atoms with Crippen molar-refractivity contribution < 1.29 is 22.3 Å². The zero-order chi connectivity index (χ0) is 16.2. The number of halogens is 1. The number of carbonyl (C=O) groups is 1. The minimum absolute atomic E-state index is 0.0464. The quantitative estimate of drug-likeness (QED) is 0.795. The molecule has 2 rings (SSSR count). The highest BCUT2D eigenvalue weighted by molar-refractivity contribution is 7.88. The van der Waals surface area contributed by atoms with Crippen LogP contribution in [0.15, 0.2) is 24.3 Å². The third-order valence-electron chi connectivity index (χ3n) is 3.87. The number of primary amides is 1. The highest BCUT2D eigenvalue weighted by Gasteiger charge is 2.39. The maximum Gasteiger partial charge on any atom is 0.225 e. The van der Waals surface area contributed by atoms with Crippen molar-refractivity contribution in [3.8, 4) is 0 Å². The van der Waals surface area contributed by atoms with Crippen molar-refractivity contribution in [2.24, 2.45) is 11.1 Å². The minimum Gasteiger partial charge on any atom is -0.381 e. The van der Waals surface area contributed by atoms with Crippen molar-refractivity contribution >= 4 is 15.9 Å². The predicted molar refractivity (Wildman–Crippen MR) is 78.7 cm³/mol. The SMILES string of the molecule is NC(=O)C1(CNS(=O)(=O)Cc2ccc(F)cc2)CCOCC1. The summed E-state index contributed by atoms with van der Waals surface area (Å²) >= 11 is 0. The van der Waals surface area contributed by atoms with E-state index in [9.17, 15) is 17.6 Å². The fourth-order valence-corrected chi connectivity index (χ4v) is 3.60. The van der Waals surface area contributed by atoms with E-state index in [1.54, 1.807) is 0 Å². The molecule has 1 fully saturated rings. The Labute approximate surface area is 128 Å². The van der Waals surface area contributed by atoms with E-state index in [0.29, 0.717) is 31.6 Å². The first kappa shape index (κ1) is 16.9. The topological polar surface area (TPSA) is 98.5 Å². The summed E-state index contributed by atoms with van der Waals surface area (Å²) in [6.07, 6.45) is 0.781. The van der Waals surface area contributed by atoms with Crippen molar-refractivity contribution in [1.82, 2.24) is 4.72 Å². The van der Waals surface area contributed by atoms with Gasteiger partial charge in [0.2, 0.25) is 15.9 Å². The van der Waals surface area contributed by atoms with Gasteiger partial charge in [-0.1, -0.05) is 12.1 Å². The molecule has 1 aliphatic rings. The zero-order valence-electron chi connectivity index (χ0n) is 12.0. The molecule has 0 unspecified atom stereocenters. The molecule has 22 heavy (non-hydrogen) atoms. The van der Waals surface area contributed by atoms with Crippen LogP contribution in [0.3, 0.4) is 0 Å². The first-order valence-corrected chi connectivity index (χ1v) is 8.58. The van der Waals surface area contributed by atoms with E-state index in [1.165, 1.54) is 24.3 Å². The van der Waals surface area contributed by atoms with E-state index in [2.05, 4.69) is 4.72 Å². The molecule has 1 amide bonds. The fraction of sp³-hybridized carbons (Fsp3) is 0.500. The van der Waals surface area contributed by atoms with Gasteiger partial charge >= 0.3 is 0 Å². The molecule has 3 N–H and O–H groups in total. The van der Waals surface area contributed by atoms with Crippen LogP contribution in [0.4, 0.5) is 4.39 Å². The van der Waals surface area contributed by atoms with Crippen LogP contribution in [0.25, 0.3) is 0 Å². The Morgan fingerprint density at radius 1 is 1.27 bits per heavy atom. The molecule has 1 aromatic rings. The summed E-state index contributed by atoms with van der Waals surface area (Å²) in [6.45, 7) is 0.709. The Kier molecular flexibility index (Phi) is 5.15. The average molecular weight is 330 g/mol. The molecule has 0 spiro atoms. The van der Waals surface area contributed by atoms with Gasteiger partial charge in [0.1, 0.15) is 5.82 Å². The molecule has 8 heteroatoms. The summed E-state index contributed by atoms with van der Waals surface area (Å²) in [5.41, 5.74) is 4.99. The van der Waals surface area contributed by atoms with E-state index >= 15 is 0 Å². The molecule has 0 aromatic heterocycles. The molecule has 0 saturated carbocycles. The van der Waals surface area contributed by atoms with E-state index in [-0.39, 0.29) is 12.3 Å². The van der Waals surface area contributed by atoms with Crippen LogP contribution in [0, 0.1) is 11.2 Å². The van der Waals surface area contributed by atoms with Gasteiger partial charge < -0.3 is 10.5 Å². The lowest BCUT2D eigenvalue weighted by atomic mass is 9.80. The number of nitrogens with one attached hydrogen (secondary N) is 1. The Balaban J connectivity index is 2.01. The first-order valence-electron chi connectivity index (χ1n) is 6.92. The number of ether oxygens (including phenoxy) is 1. The molecule has 0 aliphatic carbocycles. The minimum atomic E-state index is -3.64. The van der Waals surface area contributed by atoms with E-state index < -0.39 is 27.2 Å². The zero-order valence-corrected chi connectivity index (χ0v) is 12.9. The molecular weight excluding hydrogens is 311 g/mol. The van der Waals surface area contributed by atoms with Gasteiger partial charge in [0, 0.05) is 19.8 Å². The molecule has 0 radical (unpaired) electrons. The summed E-state index contributed by atoms with van der Waals surface area (Å²) in [4.78, 5) is 11.7. The van der Waals surface area contributed by atoms with Gasteiger partial charge in [-0.15, -0.1) is 0 Å². The van der Waals surface area contributed by atoms with Gasteiger partial charge in [-0.3, -0.25) is 4.79 Å². The van der Waals surface area contributed by atoms with Crippen LogP contribution in [0.1, 0.15) is 18.4 Å². The summed E-state index contributed by atoms with van der Waals surface area (Å²) in [6, 6.07) is 5.22. The number of benzene rings is 1. The molecule has 0 bridgehead atoms. The van der Waals surface area contributed by atoms with Gasteiger partial charge in [-0.2, -0.15) is 0 Å². The molecule has 6 nitrogen and oxygen atoms in total. The second-order valence-corrected chi connectivity index (χ2v) is 7.27. The average Bonchev–Trinajstić information content (AvgIpc) is 2.48. The summed E-state index contributed by atoms with van der Waals surface area (Å²) < 4.78 is 44.7. The summed E-state index contributed by atoms with van der Waals surface area (Å²) in [5, 5.41) is 0. The molecule has 1 aliphatic heterocycles. The highest BCUT2D eigenvalue weighted by Crippen LogP contribution is 2.29. The molecule has 122 valence electrons. The van der Waals surface area contributed by atoms with Gasteiger partial charge in [0.15, 0.2) is 0 Å². The maximum atomic E-state index is 12.8. The Morgan fingerprint density at radius 2 is 1.86 bits per heavy atom. The van der Waals surface area contributed by atoms with Crippen LogP contribution in [0.5, 0.6) is 0 Å². The summed E-state index contributed by atoms with van der Waals surface area (Å²) in [7, 11) is -3.64. The number of amides is 1. The van der Waals surface area contributed by atoms with Crippen LogP contribution in [-0.4, -0.2) is 34.1 Å². The smallest absolute Gasteiger partial charge is 0.225 e. The van der Waals surface area contributed by atoms with Gasteiger partial charge in [-0.25, -0.2) is 17.5 Å². The van der Waals surface area contributed by atoms with Crippen LogP contribution >= 0.6 is 0 Å². The molecule has 0 atom stereocenters. The largest absolute Gasteiger partial charge is 0.381 e. The number of sulfonamides is 1. The standard InChI is InChI=1S/C14H19FN2O4S/c15-12-3-1-11(2-4-12)9-22(19,20)17-10-14(13(16)18)5-7-21-8-6-14/h1-4,17H,5-10H2,(H2,16,18). The number of nitrogens with two attached hydrogens (primary N) is 1. The van der Waals surface area contributed by atoms with Crippen molar-refractivity contribution in [2.45, 2.75) is 18.6 Å². The van der Waals surface area contributed by atoms with Crippen molar-refractivity contribution in [3.05, 3.63) is 35.6 Å². The number of hydrogen-bond donors (Lipinski definition) is 2. The Morgan fingerprint density at radius 3 is 2.41 bits per heavy atom. The number of hydrogen-bond acceptors (Lipinski definition) is 4. The van der Waals surface area contributed by atoms with Gasteiger partial charge in [-0.05, 0) is 30.5 Å². The van der Waals surface area contributed by atoms with Gasteiger partial charge in [0.25, 0.3) is 0 Å². The lowest BCUT2D eigenvalue weighted by Crippen LogP contribution is -2.49. The number of carbonyl (C=O) groups excluding carboxylic acids is 1. The molecule has 1 heterocycles. The maximum absolute atomic E-state index is 12.8. The second kappa shape index (κ2) is 6.72. The van der Waals surface area contributed by atoms with E-state index in [1.807, 2.05) is 0 Å². The van der Waals surface area contributed by atoms with Gasteiger partial charge in [0.05, 0.1) is 11.2 Å². The van der Waals surface area contributed by atoms with Crippen molar-refractivity contribution in [1.29, 1.82) is 0 Å². The molecule has 1 aromatic carbocycles. The number of rotatable bonds is 6. The first-order chi connectivity index (χ1) is 10.3. The van der Waals surface area contributed by atoms with Crippen LogP contribution < -0.4 is 10.5 Å². The van der Waals surface area contributed by atoms with Crippen LogP contribution in [0.2, 0.25) is 0 Å². The second-order valence-electron chi connectivity index (χ2n) is 5.46. The Bertz CT molecular complexity index is 625. The van der Waals surface area contributed by atoms with Crippen molar-refractivity contribution in [2.75, 3.05) is 19.8 Å². The normalized spacial score (nSPS) is 18.0. The third-order valence-corrected chi connectivity index (χ3v) is 5.17. The van der Waals surface area contributed by atoms with E-state index in [4.69, 9.17) is 10.5 Å². The van der Waals surface area contributed by atoms with Crippen molar-refractivity contribution in [3.63, 3.8) is 0 Å². The lowest BCUT2D eigenvalue weighted by Gasteiger charge is -2.34. The summed E-state index contributed by atoms with van der Waals surface area (Å²) in [5.74, 6) is -1.23. The third kappa shape index (κ3) is 4.25.